The van der Waals surface area contributed by atoms with Gasteiger partial charge in [-0.2, -0.15) is 0 Å². The second kappa shape index (κ2) is 12.9. The van der Waals surface area contributed by atoms with E-state index in [0.29, 0.717) is 19.3 Å². The lowest BCUT2D eigenvalue weighted by atomic mass is 9.94. The molecule has 12 heteroatoms. The SMILES string of the molecule is C=CCNC(=O)C(=O)C(CCC)NC(=O)C1C2C(CN1C(=O)C(NC(=O)OC(C)(C)C)C1Cc3ccccc3C1)C2(Cl)Cl. The van der Waals surface area contributed by atoms with Gasteiger partial charge in [0.2, 0.25) is 17.6 Å². The molecule has 1 saturated carbocycles. The quantitative estimate of drug-likeness (QED) is 0.195. The first-order valence-corrected chi connectivity index (χ1v) is 15.4. The van der Waals surface area contributed by atoms with E-state index in [1.807, 2.05) is 31.2 Å². The highest BCUT2D eigenvalue weighted by atomic mass is 35.5. The molecule has 3 aliphatic rings. The number of Topliss-reactive ketones (excluding diaryl/α,β-unsaturated/α-hetero) is 1. The lowest BCUT2D eigenvalue weighted by molar-refractivity contribution is -0.144. The molecule has 1 saturated heterocycles. The number of likely N-dealkylation sites (tertiary alicyclic amines) is 1. The summed E-state index contributed by atoms with van der Waals surface area (Å²) in [6, 6.07) is 4.67. The van der Waals surface area contributed by atoms with Gasteiger partial charge < -0.3 is 25.6 Å². The zero-order valence-corrected chi connectivity index (χ0v) is 26.5. The van der Waals surface area contributed by atoms with E-state index in [4.69, 9.17) is 27.9 Å². The van der Waals surface area contributed by atoms with Gasteiger partial charge in [-0.3, -0.25) is 19.2 Å². The second-order valence-corrected chi connectivity index (χ2v) is 14.0. The average molecular weight is 636 g/mol. The van der Waals surface area contributed by atoms with Crippen LogP contribution in [-0.2, 0) is 36.8 Å². The molecule has 234 valence electrons. The van der Waals surface area contributed by atoms with Crippen LogP contribution < -0.4 is 16.0 Å². The van der Waals surface area contributed by atoms with Crippen LogP contribution in [0.15, 0.2) is 36.9 Å². The number of alkyl halides is 2. The van der Waals surface area contributed by atoms with E-state index in [1.54, 1.807) is 20.8 Å². The Balaban J connectivity index is 1.59. The summed E-state index contributed by atoms with van der Waals surface area (Å²) in [5.74, 6) is -3.94. The van der Waals surface area contributed by atoms with Crippen molar-refractivity contribution in [3.8, 4) is 0 Å². The predicted molar refractivity (Wildman–Crippen MR) is 162 cm³/mol. The lowest BCUT2D eigenvalue weighted by Gasteiger charge is -2.35. The van der Waals surface area contributed by atoms with Crippen LogP contribution in [0.1, 0.15) is 51.7 Å². The van der Waals surface area contributed by atoms with E-state index in [-0.39, 0.29) is 31.3 Å². The van der Waals surface area contributed by atoms with Gasteiger partial charge in [0, 0.05) is 24.9 Å². The fourth-order valence-electron chi connectivity index (χ4n) is 6.18. The van der Waals surface area contributed by atoms with E-state index in [2.05, 4.69) is 22.5 Å². The van der Waals surface area contributed by atoms with E-state index in [0.717, 1.165) is 11.1 Å². The van der Waals surface area contributed by atoms with Gasteiger partial charge in [0.25, 0.3) is 5.91 Å². The number of fused-ring (bicyclic) bond motifs is 2. The van der Waals surface area contributed by atoms with Crippen molar-refractivity contribution in [2.75, 3.05) is 13.1 Å². The highest BCUT2D eigenvalue weighted by Gasteiger charge is 2.74. The largest absolute Gasteiger partial charge is 0.444 e. The molecule has 1 aromatic carbocycles. The summed E-state index contributed by atoms with van der Waals surface area (Å²) < 4.78 is 4.27. The number of amides is 4. The van der Waals surface area contributed by atoms with E-state index in [9.17, 15) is 24.0 Å². The van der Waals surface area contributed by atoms with Gasteiger partial charge in [0.05, 0.1) is 6.04 Å². The number of ketones is 1. The van der Waals surface area contributed by atoms with Crippen LogP contribution in [0.3, 0.4) is 0 Å². The normalized spacial score (nSPS) is 23.3. The third kappa shape index (κ3) is 7.17. The number of hydrogen-bond donors (Lipinski definition) is 3. The summed E-state index contributed by atoms with van der Waals surface area (Å²) in [5, 5.41) is 7.92. The number of nitrogens with one attached hydrogen (secondary N) is 3. The zero-order valence-electron chi connectivity index (χ0n) is 25.0. The first-order valence-electron chi connectivity index (χ1n) is 14.7. The van der Waals surface area contributed by atoms with Crippen LogP contribution in [0, 0.1) is 17.8 Å². The summed E-state index contributed by atoms with van der Waals surface area (Å²) in [5.41, 5.74) is 1.39. The molecule has 5 unspecified atom stereocenters. The number of carbonyl (C=O) groups excluding carboxylic acids is 5. The maximum absolute atomic E-state index is 14.3. The van der Waals surface area contributed by atoms with Gasteiger partial charge >= 0.3 is 6.09 Å². The van der Waals surface area contributed by atoms with Crippen LogP contribution in [0.4, 0.5) is 4.79 Å². The first kappa shape index (κ1) is 32.8. The maximum atomic E-state index is 14.3. The third-order valence-corrected chi connectivity index (χ3v) is 9.28. The number of carbonyl (C=O) groups is 5. The number of hydrogen-bond acceptors (Lipinski definition) is 6. The molecule has 0 aromatic heterocycles. The number of piperidine rings is 1. The summed E-state index contributed by atoms with van der Waals surface area (Å²) in [4.78, 5) is 67.7. The molecule has 1 aromatic rings. The van der Waals surface area contributed by atoms with E-state index < -0.39 is 63.6 Å². The van der Waals surface area contributed by atoms with Crippen molar-refractivity contribution < 1.29 is 28.7 Å². The van der Waals surface area contributed by atoms with Gasteiger partial charge in [-0.15, -0.1) is 29.8 Å². The molecule has 43 heavy (non-hydrogen) atoms. The highest BCUT2D eigenvalue weighted by molar-refractivity contribution is 6.51. The minimum Gasteiger partial charge on any atom is -0.444 e. The van der Waals surface area contributed by atoms with Crippen molar-refractivity contribution in [1.82, 2.24) is 20.9 Å². The minimum atomic E-state index is -1.22. The van der Waals surface area contributed by atoms with Crippen molar-refractivity contribution in [2.45, 2.75) is 81.4 Å². The summed E-state index contributed by atoms with van der Waals surface area (Å²) in [7, 11) is 0. The monoisotopic (exact) mass is 634 g/mol. The lowest BCUT2D eigenvalue weighted by Crippen LogP contribution is -2.60. The Bertz CT molecular complexity index is 1270. The molecule has 2 fully saturated rings. The molecule has 4 rings (SSSR count). The summed E-state index contributed by atoms with van der Waals surface area (Å²) in [6.45, 7) is 10.7. The Morgan fingerprint density at radius 3 is 2.30 bits per heavy atom. The molecule has 5 atom stereocenters. The zero-order chi connectivity index (χ0) is 31.7. The number of ether oxygens (including phenoxy) is 1. The Morgan fingerprint density at radius 1 is 1.12 bits per heavy atom. The number of benzene rings is 1. The van der Waals surface area contributed by atoms with Gasteiger partial charge in [-0.1, -0.05) is 43.7 Å². The number of nitrogens with zero attached hydrogens (tertiary/aromatic N) is 1. The van der Waals surface area contributed by atoms with Crippen LogP contribution >= 0.6 is 23.2 Å². The van der Waals surface area contributed by atoms with Crippen LogP contribution in [-0.4, -0.2) is 75.6 Å². The number of rotatable bonds is 11. The molecule has 3 N–H and O–H groups in total. The Labute approximate surface area is 262 Å². The molecule has 0 bridgehead atoms. The Morgan fingerprint density at radius 2 is 1.74 bits per heavy atom. The Kier molecular flexibility index (Phi) is 9.81. The molecule has 4 amide bonds. The van der Waals surface area contributed by atoms with Gasteiger partial charge in [0.15, 0.2) is 0 Å². The van der Waals surface area contributed by atoms with Crippen molar-refractivity contribution in [1.29, 1.82) is 0 Å². The molecular weight excluding hydrogens is 595 g/mol. The Hall–Kier alpha value is -3.11. The molecule has 1 aliphatic heterocycles. The second-order valence-electron chi connectivity index (χ2n) is 12.5. The fraction of sp³-hybridized carbons (Fsp3) is 0.581. The van der Waals surface area contributed by atoms with Gasteiger partial charge in [-0.05, 0) is 57.1 Å². The fourth-order valence-corrected chi connectivity index (χ4v) is 7.01. The molecule has 10 nitrogen and oxygen atoms in total. The van der Waals surface area contributed by atoms with Gasteiger partial charge in [0.1, 0.15) is 22.0 Å². The molecular formula is C31H40Cl2N4O6. The van der Waals surface area contributed by atoms with E-state index >= 15 is 0 Å². The van der Waals surface area contributed by atoms with Crippen LogP contribution in [0.25, 0.3) is 0 Å². The summed E-state index contributed by atoms with van der Waals surface area (Å²) in [6.07, 6.45) is 2.55. The van der Waals surface area contributed by atoms with Gasteiger partial charge in [-0.25, -0.2) is 4.79 Å². The van der Waals surface area contributed by atoms with Crippen molar-refractivity contribution in [2.24, 2.45) is 17.8 Å². The molecule has 0 spiro atoms. The van der Waals surface area contributed by atoms with Crippen molar-refractivity contribution in [3.05, 3.63) is 48.0 Å². The van der Waals surface area contributed by atoms with Crippen LogP contribution in [0.5, 0.6) is 0 Å². The number of alkyl carbamates (subject to hydrolysis) is 1. The topological polar surface area (TPSA) is 134 Å². The number of halogens is 2. The third-order valence-electron chi connectivity index (χ3n) is 8.22. The molecule has 0 radical (unpaired) electrons. The standard InChI is InChI=1S/C31H40Cl2N4O6/c1-6-10-21(25(38)27(40)34-13-7-2)35-26(39)24-22-20(31(22,32)33)16-37(24)28(41)23(36-29(42)43-30(3,4)5)19-14-17-11-8-9-12-18(17)15-19/h7-9,11-12,19-24H,2,6,10,13-16H2,1,3-5H3,(H,34,40)(H,35,39)(H,36,42). The predicted octanol–water partition coefficient (Wildman–Crippen LogP) is 3.08. The van der Waals surface area contributed by atoms with E-state index in [1.165, 1.54) is 11.0 Å². The first-order chi connectivity index (χ1) is 20.2. The molecule has 1 heterocycles. The minimum absolute atomic E-state index is 0.101. The average Bonchev–Trinajstić information content (AvgIpc) is 3.30. The summed E-state index contributed by atoms with van der Waals surface area (Å²) >= 11 is 13.1. The van der Waals surface area contributed by atoms with Crippen molar-refractivity contribution >= 4 is 52.8 Å². The smallest absolute Gasteiger partial charge is 0.408 e. The maximum Gasteiger partial charge on any atom is 0.408 e. The highest BCUT2D eigenvalue weighted by Crippen LogP contribution is 2.65. The molecule has 2 aliphatic carbocycles. The van der Waals surface area contributed by atoms with Crippen molar-refractivity contribution in [3.63, 3.8) is 0 Å². The van der Waals surface area contributed by atoms with Crippen LogP contribution in [0.2, 0.25) is 0 Å².